The number of aliphatic hydroxyl groups excluding tert-OH is 1. The summed E-state index contributed by atoms with van der Waals surface area (Å²) in [6, 6.07) is 6.05. The average molecular weight is 313 g/mol. The topological polar surface area (TPSA) is 83.9 Å². The van der Waals surface area contributed by atoms with Crippen LogP contribution in [-0.4, -0.2) is 50.1 Å². The molecule has 1 aliphatic rings. The number of benzene rings is 1. The van der Waals surface area contributed by atoms with Crippen molar-refractivity contribution in [1.82, 2.24) is 4.31 Å². The second kappa shape index (κ2) is 6.55. The summed E-state index contributed by atoms with van der Waals surface area (Å²) in [6.07, 6.45) is 1.44. The van der Waals surface area contributed by atoms with Gasteiger partial charge in [-0.3, -0.25) is 0 Å². The largest absolute Gasteiger partial charge is 0.465 e. The Morgan fingerprint density at radius 1 is 1.48 bits per heavy atom. The molecular weight excluding hydrogens is 294 g/mol. The van der Waals surface area contributed by atoms with E-state index in [9.17, 15) is 18.3 Å². The van der Waals surface area contributed by atoms with E-state index in [0.29, 0.717) is 24.1 Å². The van der Waals surface area contributed by atoms with Crippen LogP contribution in [0.5, 0.6) is 0 Å². The average Bonchev–Trinajstić information content (AvgIpc) is 2.95. The summed E-state index contributed by atoms with van der Waals surface area (Å²) in [5, 5.41) is 9.25. The highest BCUT2D eigenvalue weighted by atomic mass is 32.2. The summed E-state index contributed by atoms with van der Waals surface area (Å²) in [5.74, 6) is -0.683. The predicted octanol–water partition coefficient (Wildman–Crippen LogP) is 0.760. The highest BCUT2D eigenvalue weighted by Gasteiger charge is 2.33. The Hall–Kier alpha value is -1.44. The molecule has 1 aliphatic heterocycles. The van der Waals surface area contributed by atoms with Crippen LogP contribution in [-0.2, 0) is 20.5 Å². The standard InChI is InChI=1S/C14H19NO5S/c1-20-14(17)12-5-2-4-11(8-12)10-21(18,19)15-7-3-6-13(15)9-16/h2,4-5,8,13,16H,3,6-7,9-10H2,1H3/t13-/m1/s1. The Kier molecular flexibility index (Phi) is 4.97. The molecule has 7 heteroatoms. The summed E-state index contributed by atoms with van der Waals surface area (Å²) >= 11 is 0. The van der Waals surface area contributed by atoms with Crippen molar-refractivity contribution in [2.45, 2.75) is 24.6 Å². The van der Waals surface area contributed by atoms with Crippen LogP contribution in [0.2, 0.25) is 0 Å². The van der Waals surface area contributed by atoms with Crippen molar-refractivity contribution >= 4 is 16.0 Å². The lowest BCUT2D eigenvalue weighted by Crippen LogP contribution is -2.38. The van der Waals surface area contributed by atoms with Gasteiger partial charge in [-0.05, 0) is 30.5 Å². The van der Waals surface area contributed by atoms with Crippen LogP contribution in [0.1, 0.15) is 28.8 Å². The van der Waals surface area contributed by atoms with Crippen LogP contribution in [0.4, 0.5) is 0 Å². The fourth-order valence-corrected chi connectivity index (χ4v) is 4.36. The van der Waals surface area contributed by atoms with E-state index in [1.165, 1.54) is 17.5 Å². The molecule has 1 heterocycles. The normalized spacial score (nSPS) is 19.6. The van der Waals surface area contributed by atoms with Crippen molar-refractivity contribution in [2.24, 2.45) is 0 Å². The summed E-state index contributed by atoms with van der Waals surface area (Å²) < 4.78 is 30.8. The van der Waals surface area contributed by atoms with E-state index in [1.54, 1.807) is 18.2 Å². The van der Waals surface area contributed by atoms with Crippen molar-refractivity contribution in [3.05, 3.63) is 35.4 Å². The molecule has 0 spiro atoms. The van der Waals surface area contributed by atoms with Gasteiger partial charge in [-0.15, -0.1) is 0 Å². The number of sulfonamides is 1. The van der Waals surface area contributed by atoms with Gasteiger partial charge in [0.05, 0.1) is 25.0 Å². The van der Waals surface area contributed by atoms with E-state index in [-0.39, 0.29) is 18.4 Å². The third-order valence-electron chi connectivity index (χ3n) is 3.59. The summed E-state index contributed by atoms with van der Waals surface area (Å²) in [4.78, 5) is 11.5. The van der Waals surface area contributed by atoms with Crippen molar-refractivity contribution < 1.29 is 23.1 Å². The molecule has 1 saturated heterocycles. The Morgan fingerprint density at radius 3 is 2.90 bits per heavy atom. The van der Waals surface area contributed by atoms with Crippen LogP contribution in [0, 0.1) is 0 Å². The second-order valence-electron chi connectivity index (χ2n) is 5.04. The maximum absolute atomic E-state index is 12.4. The van der Waals surface area contributed by atoms with Crippen LogP contribution in [0.3, 0.4) is 0 Å². The third-order valence-corrected chi connectivity index (χ3v) is 5.48. The van der Waals surface area contributed by atoms with Gasteiger partial charge < -0.3 is 9.84 Å². The number of carbonyl (C=O) groups excluding carboxylic acids is 1. The van der Waals surface area contributed by atoms with E-state index in [1.807, 2.05) is 0 Å². The quantitative estimate of drug-likeness (QED) is 0.811. The second-order valence-corrected chi connectivity index (χ2v) is 6.96. The molecule has 0 saturated carbocycles. The summed E-state index contributed by atoms with van der Waals surface area (Å²) in [7, 11) is -2.22. The van der Waals surface area contributed by atoms with Gasteiger partial charge in [-0.2, -0.15) is 4.31 Å². The molecule has 0 radical (unpaired) electrons. The highest BCUT2D eigenvalue weighted by molar-refractivity contribution is 7.88. The number of methoxy groups -OCH3 is 1. The smallest absolute Gasteiger partial charge is 0.337 e. The van der Waals surface area contributed by atoms with Crippen molar-refractivity contribution in [3.8, 4) is 0 Å². The molecule has 0 amide bonds. The molecule has 0 unspecified atom stereocenters. The molecule has 6 nitrogen and oxygen atoms in total. The molecule has 0 bridgehead atoms. The number of esters is 1. The molecule has 116 valence electrons. The molecular formula is C14H19NO5S. The first-order chi connectivity index (χ1) is 9.97. The lowest BCUT2D eigenvalue weighted by molar-refractivity contribution is 0.0600. The monoisotopic (exact) mass is 313 g/mol. The van der Waals surface area contributed by atoms with Gasteiger partial charge >= 0.3 is 5.97 Å². The first kappa shape index (κ1) is 15.9. The molecule has 1 atom stereocenters. The zero-order valence-electron chi connectivity index (χ0n) is 11.9. The van der Waals surface area contributed by atoms with Crippen molar-refractivity contribution in [3.63, 3.8) is 0 Å². The maximum atomic E-state index is 12.4. The molecule has 1 N–H and O–H groups in total. The summed E-state index contributed by atoms with van der Waals surface area (Å²) in [5.41, 5.74) is 0.854. The fourth-order valence-electron chi connectivity index (χ4n) is 2.56. The van der Waals surface area contributed by atoms with Crippen LogP contribution in [0.25, 0.3) is 0 Å². The number of hydrogen-bond donors (Lipinski definition) is 1. The van der Waals surface area contributed by atoms with Gasteiger partial charge in [0.2, 0.25) is 10.0 Å². The molecule has 0 aromatic heterocycles. The summed E-state index contributed by atoms with van der Waals surface area (Å²) in [6.45, 7) is 0.270. The van der Waals surface area contributed by atoms with Gasteiger partial charge in [0.15, 0.2) is 0 Å². The number of ether oxygens (including phenoxy) is 1. The van der Waals surface area contributed by atoms with Gasteiger partial charge in [0.25, 0.3) is 0 Å². The van der Waals surface area contributed by atoms with E-state index in [0.717, 1.165) is 6.42 Å². The van der Waals surface area contributed by atoms with Crippen LogP contribution in [0.15, 0.2) is 24.3 Å². The zero-order valence-corrected chi connectivity index (χ0v) is 12.7. The van der Waals surface area contributed by atoms with Gasteiger partial charge in [0, 0.05) is 12.6 Å². The molecule has 1 aromatic rings. The van der Waals surface area contributed by atoms with Gasteiger partial charge in [0.1, 0.15) is 0 Å². The van der Waals surface area contributed by atoms with Crippen LogP contribution >= 0.6 is 0 Å². The number of carbonyl (C=O) groups is 1. The van der Waals surface area contributed by atoms with E-state index < -0.39 is 16.0 Å². The first-order valence-corrected chi connectivity index (χ1v) is 8.36. The molecule has 1 aromatic carbocycles. The number of hydrogen-bond acceptors (Lipinski definition) is 5. The lowest BCUT2D eigenvalue weighted by Gasteiger charge is -2.22. The van der Waals surface area contributed by atoms with Crippen molar-refractivity contribution in [2.75, 3.05) is 20.3 Å². The Balaban J connectivity index is 2.19. The maximum Gasteiger partial charge on any atom is 0.337 e. The minimum Gasteiger partial charge on any atom is -0.465 e. The van der Waals surface area contributed by atoms with Crippen LogP contribution < -0.4 is 0 Å². The molecule has 2 rings (SSSR count). The third kappa shape index (κ3) is 3.61. The predicted molar refractivity (Wildman–Crippen MR) is 77.2 cm³/mol. The van der Waals surface area contributed by atoms with Gasteiger partial charge in [-0.1, -0.05) is 12.1 Å². The Bertz CT molecular complexity index is 614. The minimum absolute atomic E-state index is 0.165. The first-order valence-electron chi connectivity index (χ1n) is 6.75. The molecule has 1 fully saturated rings. The van der Waals surface area contributed by atoms with Crippen molar-refractivity contribution in [1.29, 1.82) is 0 Å². The van der Waals surface area contributed by atoms with E-state index in [2.05, 4.69) is 4.74 Å². The zero-order chi connectivity index (χ0) is 15.5. The highest BCUT2D eigenvalue weighted by Crippen LogP contribution is 2.23. The van der Waals surface area contributed by atoms with E-state index in [4.69, 9.17) is 0 Å². The molecule has 21 heavy (non-hydrogen) atoms. The molecule has 0 aliphatic carbocycles. The van der Waals surface area contributed by atoms with E-state index >= 15 is 0 Å². The SMILES string of the molecule is COC(=O)c1cccc(CS(=O)(=O)N2CCC[C@@H]2CO)c1. The van der Waals surface area contributed by atoms with Gasteiger partial charge in [-0.25, -0.2) is 13.2 Å². The minimum atomic E-state index is -3.50. The fraction of sp³-hybridized carbons (Fsp3) is 0.500. The lowest BCUT2D eigenvalue weighted by atomic mass is 10.1. The Morgan fingerprint density at radius 2 is 2.24 bits per heavy atom. The number of nitrogens with zero attached hydrogens (tertiary/aromatic N) is 1. The number of rotatable bonds is 5. The number of aliphatic hydroxyl groups is 1. The Labute approximate surface area is 124 Å².